The monoisotopic (exact) mass is 413 g/mol. The first kappa shape index (κ1) is 24.8. The number of carbonyl (C=O) groups excluding carboxylic acids is 3. The summed E-state index contributed by atoms with van der Waals surface area (Å²) in [6, 6.07) is -2.35. The minimum atomic E-state index is -1.13. The third-order valence-electron chi connectivity index (χ3n) is 5.38. The van der Waals surface area contributed by atoms with Crippen molar-refractivity contribution in [2.45, 2.75) is 70.5 Å². The van der Waals surface area contributed by atoms with Crippen molar-refractivity contribution >= 4 is 23.7 Å². The zero-order chi connectivity index (χ0) is 22.0. The van der Waals surface area contributed by atoms with Crippen molar-refractivity contribution in [3.05, 3.63) is 0 Å². The van der Waals surface area contributed by atoms with Gasteiger partial charge in [-0.05, 0) is 44.6 Å². The first-order valence-corrected chi connectivity index (χ1v) is 10.3. The average molecular weight is 414 g/mol. The Morgan fingerprint density at radius 1 is 1.24 bits per heavy atom. The van der Waals surface area contributed by atoms with Crippen LogP contribution in [0.15, 0.2) is 0 Å². The van der Waals surface area contributed by atoms with Crippen molar-refractivity contribution in [3.63, 3.8) is 0 Å². The van der Waals surface area contributed by atoms with Crippen LogP contribution in [0.4, 0.5) is 0 Å². The molecule has 0 aromatic carbocycles. The molecule has 10 heteroatoms. The van der Waals surface area contributed by atoms with Crippen LogP contribution in [0.3, 0.4) is 0 Å². The normalized spacial score (nSPS) is 19.3. The van der Waals surface area contributed by atoms with E-state index < -0.39 is 35.9 Å². The van der Waals surface area contributed by atoms with Crippen LogP contribution < -0.4 is 22.1 Å². The van der Waals surface area contributed by atoms with E-state index in [0.717, 1.165) is 6.42 Å². The predicted molar refractivity (Wildman–Crippen MR) is 108 cm³/mol. The van der Waals surface area contributed by atoms with Gasteiger partial charge in [-0.3, -0.25) is 14.4 Å². The number of carboxylic acid groups (broad SMARTS) is 1. The van der Waals surface area contributed by atoms with Crippen molar-refractivity contribution in [2.24, 2.45) is 17.4 Å². The lowest BCUT2D eigenvalue weighted by atomic mass is 9.98. The highest BCUT2D eigenvalue weighted by Crippen LogP contribution is 2.20. The van der Waals surface area contributed by atoms with Crippen LogP contribution in [0.5, 0.6) is 0 Å². The van der Waals surface area contributed by atoms with Gasteiger partial charge in [-0.2, -0.15) is 0 Å². The number of aliphatic carboxylic acids is 1. The zero-order valence-electron chi connectivity index (χ0n) is 17.4. The van der Waals surface area contributed by atoms with Gasteiger partial charge in [0.2, 0.25) is 17.7 Å². The summed E-state index contributed by atoms with van der Waals surface area (Å²) in [5.74, 6) is -2.41. The zero-order valence-corrected chi connectivity index (χ0v) is 17.4. The van der Waals surface area contributed by atoms with E-state index in [-0.39, 0.29) is 24.8 Å². The molecule has 1 saturated heterocycles. The summed E-state index contributed by atoms with van der Waals surface area (Å²) >= 11 is 0. The Morgan fingerprint density at radius 2 is 1.93 bits per heavy atom. The summed E-state index contributed by atoms with van der Waals surface area (Å²) in [6.07, 6.45) is 3.46. The van der Waals surface area contributed by atoms with Gasteiger partial charge in [-0.25, -0.2) is 4.79 Å². The smallest absolute Gasteiger partial charge is 0.326 e. The molecule has 1 rings (SSSR count). The lowest BCUT2D eigenvalue weighted by molar-refractivity contribution is -0.142. The third-order valence-corrected chi connectivity index (χ3v) is 5.38. The molecule has 10 nitrogen and oxygen atoms in total. The standard InChI is InChI=1S/C19H35N5O5/c1-3-12(2)16(21)18(27)24-10-6-8-14(24)17(26)22-11-15(25)23-13(19(28)29)7-4-5-9-20/h12-14,16H,3-11,20-21H2,1-2H3,(H,22,26)(H,23,25)(H,28,29). The van der Waals surface area contributed by atoms with Crippen LogP contribution in [-0.4, -0.2) is 71.5 Å². The molecule has 4 unspecified atom stereocenters. The Kier molecular flexibility index (Phi) is 10.6. The molecule has 166 valence electrons. The number of likely N-dealkylation sites (tertiary alicyclic amines) is 1. The number of rotatable bonds is 12. The first-order valence-electron chi connectivity index (χ1n) is 10.3. The molecule has 0 aromatic heterocycles. The Bertz CT molecular complexity index is 585. The molecule has 0 radical (unpaired) electrons. The number of carbonyl (C=O) groups is 4. The predicted octanol–water partition coefficient (Wildman–Crippen LogP) is -0.835. The topological polar surface area (TPSA) is 168 Å². The minimum absolute atomic E-state index is 0.00446. The fourth-order valence-corrected chi connectivity index (χ4v) is 3.27. The Labute approximate surface area is 171 Å². The van der Waals surface area contributed by atoms with Crippen molar-refractivity contribution in [2.75, 3.05) is 19.6 Å². The molecule has 4 atom stereocenters. The highest BCUT2D eigenvalue weighted by Gasteiger charge is 2.37. The molecule has 29 heavy (non-hydrogen) atoms. The summed E-state index contributed by atoms with van der Waals surface area (Å²) in [5.41, 5.74) is 11.4. The van der Waals surface area contributed by atoms with Crippen molar-refractivity contribution in [1.82, 2.24) is 15.5 Å². The summed E-state index contributed by atoms with van der Waals surface area (Å²) in [6.45, 7) is 4.40. The van der Waals surface area contributed by atoms with E-state index in [1.807, 2.05) is 13.8 Å². The van der Waals surface area contributed by atoms with E-state index in [2.05, 4.69) is 10.6 Å². The van der Waals surface area contributed by atoms with Gasteiger partial charge in [-0.15, -0.1) is 0 Å². The van der Waals surface area contributed by atoms with Gasteiger partial charge in [0.05, 0.1) is 12.6 Å². The Balaban J connectivity index is 2.56. The van der Waals surface area contributed by atoms with Gasteiger partial charge in [-0.1, -0.05) is 20.3 Å². The highest BCUT2D eigenvalue weighted by atomic mass is 16.4. The highest BCUT2D eigenvalue weighted by molar-refractivity contribution is 5.93. The maximum absolute atomic E-state index is 12.6. The SMILES string of the molecule is CCC(C)C(N)C(=O)N1CCCC1C(=O)NCC(=O)NC(CCCCN)C(=O)O. The molecule has 1 aliphatic rings. The van der Waals surface area contributed by atoms with Crippen LogP contribution in [0.1, 0.15) is 52.4 Å². The average Bonchev–Trinajstić information content (AvgIpc) is 3.19. The second-order valence-electron chi connectivity index (χ2n) is 7.56. The van der Waals surface area contributed by atoms with Gasteiger partial charge >= 0.3 is 5.97 Å². The summed E-state index contributed by atoms with van der Waals surface area (Å²) < 4.78 is 0. The van der Waals surface area contributed by atoms with Crippen LogP contribution in [0, 0.1) is 5.92 Å². The molecule has 7 N–H and O–H groups in total. The quantitative estimate of drug-likeness (QED) is 0.260. The summed E-state index contributed by atoms with van der Waals surface area (Å²) in [4.78, 5) is 49.9. The third kappa shape index (κ3) is 7.62. The minimum Gasteiger partial charge on any atom is -0.480 e. The van der Waals surface area contributed by atoms with E-state index in [9.17, 15) is 24.3 Å². The van der Waals surface area contributed by atoms with Crippen molar-refractivity contribution in [1.29, 1.82) is 0 Å². The van der Waals surface area contributed by atoms with Gasteiger partial charge in [0, 0.05) is 6.54 Å². The van der Waals surface area contributed by atoms with Gasteiger partial charge in [0.1, 0.15) is 12.1 Å². The molecule has 0 bridgehead atoms. The van der Waals surface area contributed by atoms with Crippen LogP contribution in [0.2, 0.25) is 0 Å². The van der Waals surface area contributed by atoms with Crippen LogP contribution in [0.25, 0.3) is 0 Å². The number of unbranched alkanes of at least 4 members (excludes halogenated alkanes) is 1. The molecule has 1 heterocycles. The number of nitrogens with one attached hydrogen (secondary N) is 2. The lowest BCUT2D eigenvalue weighted by Crippen LogP contribution is -2.54. The maximum atomic E-state index is 12.6. The number of carboxylic acids is 1. The molecule has 0 aliphatic carbocycles. The molecule has 0 aromatic rings. The fourth-order valence-electron chi connectivity index (χ4n) is 3.27. The second-order valence-corrected chi connectivity index (χ2v) is 7.56. The summed E-state index contributed by atoms with van der Waals surface area (Å²) in [7, 11) is 0. The number of hydrogen-bond acceptors (Lipinski definition) is 6. The van der Waals surface area contributed by atoms with Crippen LogP contribution in [-0.2, 0) is 19.2 Å². The van der Waals surface area contributed by atoms with Crippen molar-refractivity contribution < 1.29 is 24.3 Å². The Morgan fingerprint density at radius 3 is 2.52 bits per heavy atom. The molecular formula is C19H35N5O5. The number of nitrogens with two attached hydrogens (primary N) is 2. The van der Waals surface area contributed by atoms with E-state index in [1.54, 1.807) is 0 Å². The summed E-state index contributed by atoms with van der Waals surface area (Å²) in [5, 5.41) is 14.1. The molecule has 0 saturated carbocycles. The number of amides is 3. The molecule has 0 spiro atoms. The number of nitrogens with zero attached hydrogens (tertiary/aromatic N) is 1. The van der Waals surface area contributed by atoms with Gasteiger partial charge in [0.25, 0.3) is 0 Å². The molecular weight excluding hydrogens is 378 g/mol. The van der Waals surface area contributed by atoms with Gasteiger partial charge in [0.15, 0.2) is 0 Å². The molecule has 1 fully saturated rings. The van der Waals surface area contributed by atoms with E-state index in [0.29, 0.717) is 38.8 Å². The largest absolute Gasteiger partial charge is 0.480 e. The van der Waals surface area contributed by atoms with Gasteiger partial charge < -0.3 is 32.1 Å². The lowest BCUT2D eigenvalue weighted by Gasteiger charge is -2.28. The maximum Gasteiger partial charge on any atom is 0.326 e. The van der Waals surface area contributed by atoms with E-state index in [4.69, 9.17) is 11.5 Å². The first-order chi connectivity index (χ1) is 13.7. The Hall–Kier alpha value is -2.20. The van der Waals surface area contributed by atoms with E-state index in [1.165, 1.54) is 4.90 Å². The molecule has 3 amide bonds. The fraction of sp³-hybridized carbons (Fsp3) is 0.789. The van der Waals surface area contributed by atoms with Crippen molar-refractivity contribution in [3.8, 4) is 0 Å². The van der Waals surface area contributed by atoms with Crippen LogP contribution >= 0.6 is 0 Å². The molecule has 1 aliphatic heterocycles. The number of hydrogen-bond donors (Lipinski definition) is 5. The second kappa shape index (κ2) is 12.4. The van der Waals surface area contributed by atoms with E-state index >= 15 is 0 Å².